The Balaban J connectivity index is 1.73. The predicted molar refractivity (Wildman–Crippen MR) is 116 cm³/mol. The van der Waals surface area contributed by atoms with Gasteiger partial charge in [0.2, 0.25) is 0 Å². The van der Waals surface area contributed by atoms with Gasteiger partial charge in [-0.3, -0.25) is 0 Å². The third-order valence-electron chi connectivity index (χ3n) is 4.29. The second-order valence-electron chi connectivity index (χ2n) is 6.30. The molecule has 0 radical (unpaired) electrons. The Morgan fingerprint density at radius 2 is 1.76 bits per heavy atom. The van der Waals surface area contributed by atoms with Crippen molar-refractivity contribution in [1.82, 2.24) is 0 Å². The molecule has 0 saturated heterocycles. The molecular formula is C23H23BrFNO3. The van der Waals surface area contributed by atoms with E-state index in [0.29, 0.717) is 30.2 Å². The fraction of sp³-hybridized carbons (Fsp3) is 0.217. The minimum atomic E-state index is -0.290. The molecule has 0 fully saturated rings. The Morgan fingerprint density at radius 1 is 1.00 bits per heavy atom. The minimum Gasteiger partial charge on any atom is -0.497 e. The average Bonchev–Trinajstić information content (AvgIpc) is 2.73. The van der Waals surface area contributed by atoms with Crippen molar-refractivity contribution in [3.8, 4) is 17.2 Å². The fourth-order valence-corrected chi connectivity index (χ4v) is 3.41. The smallest absolute Gasteiger partial charge is 0.175 e. The van der Waals surface area contributed by atoms with Crippen LogP contribution in [0.4, 0.5) is 10.1 Å². The third kappa shape index (κ3) is 5.64. The number of hydrogen-bond donors (Lipinski definition) is 1. The molecule has 0 aromatic heterocycles. The van der Waals surface area contributed by atoms with Crippen LogP contribution in [0.15, 0.2) is 65.1 Å². The van der Waals surface area contributed by atoms with Crippen LogP contribution in [0.5, 0.6) is 17.2 Å². The lowest BCUT2D eigenvalue weighted by molar-refractivity contribution is 0.264. The number of rotatable bonds is 9. The lowest BCUT2D eigenvalue weighted by Gasteiger charge is -2.16. The Bertz CT molecular complexity index is 947. The Hall–Kier alpha value is -2.73. The monoisotopic (exact) mass is 459 g/mol. The molecule has 0 saturated carbocycles. The SMILES string of the molecule is CCOc1cc(CNc2ccc(OC)cc2)cc(Br)c1OCc1ccccc1F. The normalized spacial score (nSPS) is 10.5. The molecule has 0 heterocycles. The zero-order valence-corrected chi connectivity index (χ0v) is 18.0. The van der Waals surface area contributed by atoms with Gasteiger partial charge in [-0.1, -0.05) is 18.2 Å². The first kappa shape index (κ1) is 21.0. The molecule has 6 heteroatoms. The van der Waals surface area contributed by atoms with Crippen molar-refractivity contribution < 1.29 is 18.6 Å². The van der Waals surface area contributed by atoms with Gasteiger partial charge in [-0.2, -0.15) is 0 Å². The summed E-state index contributed by atoms with van der Waals surface area (Å²) in [4.78, 5) is 0. The number of methoxy groups -OCH3 is 1. The molecule has 3 rings (SSSR count). The van der Waals surface area contributed by atoms with E-state index in [1.165, 1.54) is 6.07 Å². The molecule has 0 aliphatic rings. The first-order chi connectivity index (χ1) is 14.1. The van der Waals surface area contributed by atoms with Gasteiger partial charge in [0.1, 0.15) is 18.2 Å². The summed E-state index contributed by atoms with van der Waals surface area (Å²) in [6.07, 6.45) is 0. The molecule has 152 valence electrons. The van der Waals surface area contributed by atoms with E-state index in [9.17, 15) is 4.39 Å². The molecule has 0 bridgehead atoms. The van der Waals surface area contributed by atoms with Gasteiger partial charge in [0.25, 0.3) is 0 Å². The van der Waals surface area contributed by atoms with E-state index in [-0.39, 0.29) is 12.4 Å². The van der Waals surface area contributed by atoms with Crippen LogP contribution in [0.3, 0.4) is 0 Å². The highest BCUT2D eigenvalue weighted by Crippen LogP contribution is 2.37. The number of nitrogens with one attached hydrogen (secondary N) is 1. The quantitative estimate of drug-likeness (QED) is 0.414. The van der Waals surface area contributed by atoms with Crippen LogP contribution >= 0.6 is 15.9 Å². The maximum Gasteiger partial charge on any atom is 0.175 e. The number of hydrogen-bond acceptors (Lipinski definition) is 4. The molecule has 3 aromatic rings. The summed E-state index contributed by atoms with van der Waals surface area (Å²) in [6.45, 7) is 3.14. The Labute approximate surface area is 178 Å². The lowest BCUT2D eigenvalue weighted by Crippen LogP contribution is -2.04. The number of halogens is 2. The van der Waals surface area contributed by atoms with E-state index in [4.69, 9.17) is 14.2 Å². The Kier molecular flexibility index (Phi) is 7.36. The van der Waals surface area contributed by atoms with Crippen molar-refractivity contribution in [2.75, 3.05) is 19.0 Å². The molecule has 0 amide bonds. The topological polar surface area (TPSA) is 39.7 Å². The van der Waals surface area contributed by atoms with Gasteiger partial charge >= 0.3 is 0 Å². The van der Waals surface area contributed by atoms with Gasteiger partial charge in [-0.25, -0.2) is 4.39 Å². The number of ether oxygens (including phenoxy) is 3. The van der Waals surface area contributed by atoms with Crippen molar-refractivity contribution in [3.05, 3.63) is 82.1 Å². The van der Waals surface area contributed by atoms with Crippen LogP contribution in [0.25, 0.3) is 0 Å². The first-order valence-electron chi connectivity index (χ1n) is 9.30. The van der Waals surface area contributed by atoms with E-state index >= 15 is 0 Å². The van der Waals surface area contributed by atoms with Crippen LogP contribution < -0.4 is 19.5 Å². The summed E-state index contributed by atoms with van der Waals surface area (Å²) >= 11 is 3.56. The lowest BCUT2D eigenvalue weighted by atomic mass is 10.2. The van der Waals surface area contributed by atoms with E-state index < -0.39 is 0 Å². The number of anilines is 1. The van der Waals surface area contributed by atoms with Crippen molar-refractivity contribution in [2.45, 2.75) is 20.1 Å². The zero-order chi connectivity index (χ0) is 20.6. The van der Waals surface area contributed by atoms with Gasteiger partial charge in [0, 0.05) is 17.8 Å². The minimum absolute atomic E-state index is 0.120. The second kappa shape index (κ2) is 10.2. The molecule has 3 aromatic carbocycles. The molecule has 0 unspecified atom stereocenters. The van der Waals surface area contributed by atoms with Crippen LogP contribution in [0.1, 0.15) is 18.1 Å². The van der Waals surface area contributed by atoms with Crippen LogP contribution in [-0.4, -0.2) is 13.7 Å². The van der Waals surface area contributed by atoms with E-state index in [0.717, 1.165) is 21.5 Å². The van der Waals surface area contributed by atoms with E-state index in [1.807, 2.05) is 43.3 Å². The Morgan fingerprint density at radius 3 is 2.45 bits per heavy atom. The molecule has 4 nitrogen and oxygen atoms in total. The van der Waals surface area contributed by atoms with Gasteiger partial charge in [-0.15, -0.1) is 0 Å². The summed E-state index contributed by atoms with van der Waals surface area (Å²) in [5.41, 5.74) is 2.50. The molecule has 0 aliphatic heterocycles. The maximum atomic E-state index is 13.9. The molecule has 0 spiro atoms. The zero-order valence-electron chi connectivity index (χ0n) is 16.4. The largest absolute Gasteiger partial charge is 0.497 e. The van der Waals surface area contributed by atoms with Crippen molar-refractivity contribution >= 4 is 21.6 Å². The average molecular weight is 460 g/mol. The fourth-order valence-electron chi connectivity index (χ4n) is 2.80. The van der Waals surface area contributed by atoms with Crippen LogP contribution in [0.2, 0.25) is 0 Å². The summed E-state index contributed by atoms with van der Waals surface area (Å²) in [5.74, 6) is 1.70. The van der Waals surface area contributed by atoms with Crippen molar-refractivity contribution in [3.63, 3.8) is 0 Å². The highest BCUT2D eigenvalue weighted by molar-refractivity contribution is 9.10. The first-order valence-corrected chi connectivity index (χ1v) is 10.1. The number of benzene rings is 3. The summed E-state index contributed by atoms with van der Waals surface area (Å²) < 4.78 is 31.5. The van der Waals surface area contributed by atoms with Gasteiger partial charge in [0.05, 0.1) is 18.2 Å². The highest BCUT2D eigenvalue weighted by atomic mass is 79.9. The van der Waals surface area contributed by atoms with Crippen molar-refractivity contribution in [1.29, 1.82) is 0 Å². The summed E-state index contributed by atoms with van der Waals surface area (Å²) in [6, 6.07) is 18.2. The predicted octanol–water partition coefficient (Wildman–Crippen LogP) is 6.19. The van der Waals surface area contributed by atoms with Crippen molar-refractivity contribution in [2.24, 2.45) is 0 Å². The second-order valence-corrected chi connectivity index (χ2v) is 7.15. The summed E-state index contributed by atoms with van der Waals surface area (Å²) in [7, 11) is 1.64. The van der Waals surface area contributed by atoms with E-state index in [2.05, 4.69) is 21.2 Å². The molecule has 1 N–H and O–H groups in total. The highest BCUT2D eigenvalue weighted by Gasteiger charge is 2.13. The molecular weight excluding hydrogens is 437 g/mol. The molecule has 29 heavy (non-hydrogen) atoms. The van der Waals surface area contributed by atoms with Gasteiger partial charge < -0.3 is 19.5 Å². The summed E-state index contributed by atoms with van der Waals surface area (Å²) in [5, 5.41) is 3.37. The standard InChI is InChI=1S/C23H23BrFNO3/c1-3-28-22-13-16(14-26-18-8-10-19(27-2)11-9-18)12-20(24)23(22)29-15-17-6-4-5-7-21(17)25/h4-13,26H,3,14-15H2,1-2H3. The maximum absolute atomic E-state index is 13.9. The van der Waals surface area contributed by atoms with Crippen LogP contribution in [-0.2, 0) is 13.2 Å². The molecule has 0 atom stereocenters. The van der Waals surface area contributed by atoms with Gasteiger partial charge in [-0.05, 0) is 70.9 Å². The molecule has 0 aliphatic carbocycles. The van der Waals surface area contributed by atoms with E-state index in [1.54, 1.807) is 25.3 Å². The third-order valence-corrected chi connectivity index (χ3v) is 4.87. The van der Waals surface area contributed by atoms with Gasteiger partial charge in [0.15, 0.2) is 11.5 Å². The van der Waals surface area contributed by atoms with Crippen LogP contribution in [0, 0.1) is 5.82 Å².